The summed E-state index contributed by atoms with van der Waals surface area (Å²) in [4.78, 5) is 0. The number of rotatable bonds is 3. The molecule has 2 N–H and O–H groups in total. The molecule has 0 spiro atoms. The number of piperidine rings is 1. The Morgan fingerprint density at radius 1 is 1.44 bits per heavy atom. The maximum Gasteiger partial charge on any atom is 0.127 e. The first-order valence-corrected chi connectivity index (χ1v) is 7.50. The molecule has 1 fully saturated rings. The number of ether oxygens (including phenoxy) is 1. The van der Waals surface area contributed by atoms with Crippen LogP contribution < -0.4 is 15.4 Å². The predicted molar refractivity (Wildman–Crippen MR) is 76.1 cm³/mol. The molecule has 1 unspecified atom stereocenters. The first kappa shape index (κ1) is 12.5. The minimum absolute atomic E-state index is 0.592. The lowest BCUT2D eigenvalue weighted by Crippen LogP contribution is -2.42. The average Bonchev–Trinajstić information content (AvgIpc) is 2.85. The number of benzene rings is 1. The summed E-state index contributed by atoms with van der Waals surface area (Å²) in [5.74, 6) is 1.11. The van der Waals surface area contributed by atoms with Crippen molar-refractivity contribution in [3.05, 3.63) is 27.7 Å². The standard InChI is InChI=1S/C14H19BrN2O/c15-12-6-10-3-5-18-14(10)11(7-12)8-17-13-2-1-4-16-9-13/h6-7,13,16-17H,1-5,8-9H2. The predicted octanol–water partition coefficient (Wildman–Crippen LogP) is 2.23. The quantitative estimate of drug-likeness (QED) is 0.898. The summed E-state index contributed by atoms with van der Waals surface area (Å²) in [7, 11) is 0. The summed E-state index contributed by atoms with van der Waals surface area (Å²) in [5, 5.41) is 7.06. The molecule has 0 amide bonds. The van der Waals surface area contributed by atoms with Gasteiger partial charge in [-0.3, -0.25) is 0 Å². The van der Waals surface area contributed by atoms with E-state index >= 15 is 0 Å². The fourth-order valence-corrected chi connectivity index (χ4v) is 3.31. The van der Waals surface area contributed by atoms with Crippen molar-refractivity contribution < 1.29 is 4.74 Å². The maximum absolute atomic E-state index is 5.75. The van der Waals surface area contributed by atoms with E-state index in [9.17, 15) is 0 Å². The molecule has 1 atom stereocenters. The van der Waals surface area contributed by atoms with Gasteiger partial charge in [-0.05, 0) is 37.1 Å². The van der Waals surface area contributed by atoms with E-state index in [1.165, 1.54) is 24.0 Å². The van der Waals surface area contributed by atoms with Gasteiger partial charge in [-0.15, -0.1) is 0 Å². The third-order valence-corrected chi connectivity index (χ3v) is 4.16. The number of hydrogen-bond donors (Lipinski definition) is 2. The highest BCUT2D eigenvalue weighted by molar-refractivity contribution is 9.10. The zero-order valence-electron chi connectivity index (χ0n) is 10.5. The molecule has 1 aromatic carbocycles. The molecule has 2 aliphatic rings. The molecule has 18 heavy (non-hydrogen) atoms. The highest BCUT2D eigenvalue weighted by Gasteiger charge is 2.18. The largest absolute Gasteiger partial charge is 0.493 e. The van der Waals surface area contributed by atoms with Crippen LogP contribution in [0.1, 0.15) is 24.0 Å². The second-order valence-corrected chi connectivity index (χ2v) is 5.99. The Morgan fingerprint density at radius 3 is 3.22 bits per heavy atom. The van der Waals surface area contributed by atoms with Crippen LogP contribution in [0.15, 0.2) is 16.6 Å². The molecule has 0 saturated carbocycles. The van der Waals surface area contributed by atoms with Crippen molar-refractivity contribution >= 4 is 15.9 Å². The third-order valence-electron chi connectivity index (χ3n) is 3.70. The van der Waals surface area contributed by atoms with Crippen LogP contribution in [0.4, 0.5) is 0 Å². The van der Waals surface area contributed by atoms with Crippen molar-refractivity contribution in [2.45, 2.75) is 31.8 Å². The van der Waals surface area contributed by atoms with Crippen molar-refractivity contribution in [3.8, 4) is 5.75 Å². The van der Waals surface area contributed by atoms with Gasteiger partial charge in [-0.2, -0.15) is 0 Å². The Labute approximate surface area is 116 Å². The summed E-state index contributed by atoms with van der Waals surface area (Å²) < 4.78 is 6.91. The highest BCUT2D eigenvalue weighted by Crippen LogP contribution is 2.32. The molecule has 1 aromatic rings. The van der Waals surface area contributed by atoms with E-state index in [0.717, 1.165) is 42.9 Å². The normalized spacial score (nSPS) is 22.6. The molecular weight excluding hydrogens is 292 g/mol. The van der Waals surface area contributed by atoms with Gasteiger partial charge >= 0.3 is 0 Å². The van der Waals surface area contributed by atoms with Gasteiger partial charge in [0.05, 0.1) is 6.61 Å². The van der Waals surface area contributed by atoms with Gasteiger partial charge in [0.15, 0.2) is 0 Å². The van der Waals surface area contributed by atoms with Crippen LogP contribution in [-0.4, -0.2) is 25.7 Å². The Balaban J connectivity index is 1.68. The Hall–Kier alpha value is -0.580. The van der Waals surface area contributed by atoms with Gasteiger partial charge in [0.25, 0.3) is 0 Å². The second kappa shape index (κ2) is 5.59. The topological polar surface area (TPSA) is 33.3 Å². The molecule has 0 bridgehead atoms. The van der Waals surface area contributed by atoms with Crippen molar-refractivity contribution in [3.63, 3.8) is 0 Å². The molecule has 0 aliphatic carbocycles. The number of hydrogen-bond acceptors (Lipinski definition) is 3. The van der Waals surface area contributed by atoms with Crippen LogP contribution in [0, 0.1) is 0 Å². The lowest BCUT2D eigenvalue weighted by molar-refractivity contribution is 0.347. The van der Waals surface area contributed by atoms with Gasteiger partial charge in [-0.1, -0.05) is 15.9 Å². The van der Waals surface area contributed by atoms with Crippen LogP contribution in [-0.2, 0) is 13.0 Å². The number of fused-ring (bicyclic) bond motifs is 1. The summed E-state index contributed by atoms with van der Waals surface area (Å²) in [6, 6.07) is 4.94. The first-order chi connectivity index (χ1) is 8.83. The molecular formula is C14H19BrN2O. The van der Waals surface area contributed by atoms with Crippen LogP contribution >= 0.6 is 15.9 Å². The van der Waals surface area contributed by atoms with Crippen molar-refractivity contribution in [1.82, 2.24) is 10.6 Å². The molecule has 1 saturated heterocycles. The van der Waals surface area contributed by atoms with Crippen molar-refractivity contribution in [2.24, 2.45) is 0 Å². The zero-order valence-corrected chi connectivity index (χ0v) is 12.1. The van der Waals surface area contributed by atoms with E-state index in [-0.39, 0.29) is 0 Å². The fraction of sp³-hybridized carbons (Fsp3) is 0.571. The van der Waals surface area contributed by atoms with E-state index < -0.39 is 0 Å². The summed E-state index contributed by atoms with van der Waals surface area (Å²) in [5.41, 5.74) is 2.62. The summed E-state index contributed by atoms with van der Waals surface area (Å²) >= 11 is 3.59. The monoisotopic (exact) mass is 310 g/mol. The maximum atomic E-state index is 5.75. The van der Waals surface area contributed by atoms with Gasteiger partial charge in [-0.25, -0.2) is 0 Å². The Bertz CT molecular complexity index is 430. The average molecular weight is 311 g/mol. The van der Waals surface area contributed by atoms with Gasteiger partial charge in [0.2, 0.25) is 0 Å². The molecule has 3 nitrogen and oxygen atoms in total. The highest BCUT2D eigenvalue weighted by atomic mass is 79.9. The van der Waals surface area contributed by atoms with Crippen molar-refractivity contribution in [1.29, 1.82) is 0 Å². The SMILES string of the molecule is Brc1cc2c(c(CNC3CCCNC3)c1)OCC2. The molecule has 2 heterocycles. The first-order valence-electron chi connectivity index (χ1n) is 6.71. The van der Waals surface area contributed by atoms with Crippen LogP contribution in [0.2, 0.25) is 0 Å². The van der Waals surface area contributed by atoms with Crippen LogP contribution in [0.5, 0.6) is 5.75 Å². The minimum atomic E-state index is 0.592. The molecule has 3 rings (SSSR count). The van der Waals surface area contributed by atoms with Crippen LogP contribution in [0.3, 0.4) is 0 Å². The van der Waals surface area contributed by atoms with E-state index in [2.05, 4.69) is 38.7 Å². The van der Waals surface area contributed by atoms with E-state index in [1.807, 2.05) is 0 Å². The Kier molecular flexibility index (Phi) is 3.87. The lowest BCUT2D eigenvalue weighted by Gasteiger charge is -2.24. The van der Waals surface area contributed by atoms with E-state index in [1.54, 1.807) is 0 Å². The second-order valence-electron chi connectivity index (χ2n) is 5.08. The number of halogens is 1. The van der Waals surface area contributed by atoms with E-state index in [0.29, 0.717) is 6.04 Å². The fourth-order valence-electron chi connectivity index (χ4n) is 2.76. The zero-order chi connectivity index (χ0) is 12.4. The summed E-state index contributed by atoms with van der Waals surface area (Å²) in [6.07, 6.45) is 3.57. The van der Waals surface area contributed by atoms with Crippen molar-refractivity contribution in [2.75, 3.05) is 19.7 Å². The minimum Gasteiger partial charge on any atom is -0.493 e. The summed E-state index contributed by atoms with van der Waals surface area (Å²) in [6.45, 7) is 3.96. The lowest BCUT2D eigenvalue weighted by atomic mass is 10.1. The van der Waals surface area contributed by atoms with Gasteiger partial charge in [0.1, 0.15) is 5.75 Å². The molecule has 0 radical (unpaired) electrons. The molecule has 2 aliphatic heterocycles. The van der Waals surface area contributed by atoms with Gasteiger partial charge < -0.3 is 15.4 Å². The smallest absolute Gasteiger partial charge is 0.127 e. The van der Waals surface area contributed by atoms with E-state index in [4.69, 9.17) is 4.74 Å². The molecule has 98 valence electrons. The third kappa shape index (κ3) is 2.71. The van der Waals surface area contributed by atoms with Gasteiger partial charge in [0, 0.05) is 35.6 Å². The molecule has 0 aromatic heterocycles. The number of nitrogens with one attached hydrogen (secondary N) is 2. The molecule has 4 heteroatoms. The van der Waals surface area contributed by atoms with Crippen LogP contribution in [0.25, 0.3) is 0 Å². The Morgan fingerprint density at radius 2 is 2.39 bits per heavy atom.